The Morgan fingerprint density at radius 3 is 2.11 bits per heavy atom. The summed E-state index contributed by atoms with van der Waals surface area (Å²) in [6, 6.07) is 29.4. The molecule has 1 N–H and O–H groups in total. The molecule has 0 spiro atoms. The summed E-state index contributed by atoms with van der Waals surface area (Å²) in [7, 11) is 0. The van der Waals surface area contributed by atoms with E-state index < -0.39 is 0 Å². The molecule has 0 bridgehead atoms. The maximum absolute atomic E-state index is 4.22. The van der Waals surface area contributed by atoms with Crippen molar-refractivity contribution in [3.05, 3.63) is 120 Å². The van der Waals surface area contributed by atoms with Crippen LogP contribution < -0.4 is 5.32 Å². The van der Waals surface area contributed by atoms with Crippen LogP contribution in [0.2, 0.25) is 0 Å². The average Bonchev–Trinajstić information content (AvgIpc) is 2.74. The molecule has 1 heteroatoms. The maximum atomic E-state index is 4.22. The van der Waals surface area contributed by atoms with Crippen LogP contribution >= 0.6 is 0 Å². The summed E-state index contributed by atoms with van der Waals surface area (Å²) in [5.74, 6) is 0. The third-order valence-corrected chi connectivity index (χ3v) is 5.07. The van der Waals surface area contributed by atoms with Crippen molar-refractivity contribution in [1.29, 1.82) is 0 Å². The Bertz CT molecular complexity index is 1210. The lowest BCUT2D eigenvalue weighted by Crippen LogP contribution is -2.10. The first-order valence-corrected chi connectivity index (χ1v) is 9.43. The fourth-order valence-electron chi connectivity index (χ4n) is 3.52. The molecule has 4 aromatic rings. The SMILES string of the molecule is C=C(NC(=C)c1ccccc1)/C(C)=C/c1cc2ccccc2c2ccccc12. The standard InChI is InChI=1S/C27H23N/c1-19(20(2)28-21(3)22-11-5-4-6-12-22)17-24-18-23-13-7-8-14-25(23)27-16-10-9-15-26(24)27/h4-18,28H,2-3H2,1H3/b19-17+. The first-order valence-electron chi connectivity index (χ1n) is 9.43. The Balaban J connectivity index is 1.70. The van der Waals surface area contributed by atoms with Crippen LogP contribution in [0.15, 0.2) is 109 Å². The molecular weight excluding hydrogens is 338 g/mol. The molecular formula is C27H23N. The van der Waals surface area contributed by atoms with Gasteiger partial charge in [-0.3, -0.25) is 0 Å². The number of nitrogens with one attached hydrogen (secondary N) is 1. The van der Waals surface area contributed by atoms with Crippen LogP contribution in [0.5, 0.6) is 0 Å². The number of allylic oxidation sites excluding steroid dienone is 1. The highest BCUT2D eigenvalue weighted by atomic mass is 14.9. The number of hydrogen-bond acceptors (Lipinski definition) is 1. The minimum atomic E-state index is 0.849. The summed E-state index contributed by atoms with van der Waals surface area (Å²) < 4.78 is 0. The molecule has 0 aliphatic carbocycles. The van der Waals surface area contributed by atoms with Gasteiger partial charge in [-0.15, -0.1) is 0 Å². The van der Waals surface area contributed by atoms with Gasteiger partial charge in [0, 0.05) is 11.4 Å². The second-order valence-corrected chi connectivity index (χ2v) is 7.01. The molecule has 4 aromatic carbocycles. The molecule has 0 unspecified atom stereocenters. The van der Waals surface area contributed by atoms with E-state index >= 15 is 0 Å². The summed E-state index contributed by atoms with van der Waals surface area (Å²) in [4.78, 5) is 0. The molecule has 0 aliphatic heterocycles. The lowest BCUT2D eigenvalue weighted by molar-refractivity contribution is 1.11. The van der Waals surface area contributed by atoms with Crippen molar-refractivity contribution in [1.82, 2.24) is 5.32 Å². The Morgan fingerprint density at radius 2 is 1.36 bits per heavy atom. The van der Waals surface area contributed by atoms with Crippen LogP contribution in [0.1, 0.15) is 18.1 Å². The fourth-order valence-corrected chi connectivity index (χ4v) is 3.52. The lowest BCUT2D eigenvalue weighted by atomic mass is 9.96. The van der Waals surface area contributed by atoms with E-state index in [2.05, 4.69) is 86.1 Å². The van der Waals surface area contributed by atoms with E-state index in [1.165, 1.54) is 27.1 Å². The molecule has 0 atom stereocenters. The normalized spacial score (nSPS) is 11.5. The van der Waals surface area contributed by atoms with Crippen LogP contribution in [-0.4, -0.2) is 0 Å². The summed E-state index contributed by atoms with van der Waals surface area (Å²) in [5.41, 5.74) is 5.04. The van der Waals surface area contributed by atoms with Crippen LogP contribution in [0.4, 0.5) is 0 Å². The molecule has 4 rings (SSSR count). The minimum absolute atomic E-state index is 0.849. The van der Waals surface area contributed by atoms with Gasteiger partial charge in [-0.2, -0.15) is 0 Å². The van der Waals surface area contributed by atoms with E-state index in [1.54, 1.807) is 0 Å². The Kier molecular flexibility index (Phi) is 4.82. The van der Waals surface area contributed by atoms with Gasteiger partial charge in [-0.25, -0.2) is 0 Å². The molecule has 1 nitrogen and oxygen atoms in total. The molecule has 0 radical (unpaired) electrons. The number of fused-ring (bicyclic) bond motifs is 3. The third-order valence-electron chi connectivity index (χ3n) is 5.07. The van der Waals surface area contributed by atoms with E-state index in [0.717, 1.165) is 22.5 Å². The number of benzene rings is 4. The van der Waals surface area contributed by atoms with E-state index in [0.29, 0.717) is 0 Å². The Hall–Kier alpha value is -3.58. The minimum Gasteiger partial charge on any atom is -0.356 e. The first-order chi connectivity index (χ1) is 13.6. The second-order valence-electron chi connectivity index (χ2n) is 7.01. The summed E-state index contributed by atoms with van der Waals surface area (Å²) >= 11 is 0. The monoisotopic (exact) mass is 361 g/mol. The largest absolute Gasteiger partial charge is 0.356 e. The summed E-state index contributed by atoms with van der Waals surface area (Å²) in [5, 5.41) is 8.38. The summed E-state index contributed by atoms with van der Waals surface area (Å²) in [6.07, 6.45) is 2.20. The Morgan fingerprint density at radius 1 is 0.750 bits per heavy atom. The molecule has 0 heterocycles. The molecule has 0 saturated carbocycles. The van der Waals surface area contributed by atoms with Gasteiger partial charge in [-0.1, -0.05) is 92.0 Å². The molecule has 0 aliphatic rings. The Labute approximate surface area is 166 Å². The zero-order valence-corrected chi connectivity index (χ0v) is 16.1. The van der Waals surface area contributed by atoms with Gasteiger partial charge in [0.1, 0.15) is 0 Å². The van der Waals surface area contributed by atoms with Gasteiger partial charge in [0.15, 0.2) is 0 Å². The van der Waals surface area contributed by atoms with Crippen molar-refractivity contribution in [3.8, 4) is 0 Å². The zero-order chi connectivity index (χ0) is 19.5. The molecule has 0 amide bonds. The van der Waals surface area contributed by atoms with Crippen molar-refractivity contribution in [2.75, 3.05) is 0 Å². The highest BCUT2D eigenvalue weighted by molar-refractivity contribution is 6.10. The van der Waals surface area contributed by atoms with Crippen LogP contribution in [-0.2, 0) is 0 Å². The maximum Gasteiger partial charge on any atom is 0.0384 e. The van der Waals surface area contributed by atoms with Gasteiger partial charge in [0.05, 0.1) is 0 Å². The van der Waals surface area contributed by atoms with Gasteiger partial charge in [0.25, 0.3) is 0 Å². The summed E-state index contributed by atoms with van der Waals surface area (Å²) in [6.45, 7) is 10.4. The highest BCUT2D eigenvalue weighted by Gasteiger charge is 2.07. The topological polar surface area (TPSA) is 12.0 Å². The van der Waals surface area contributed by atoms with Crippen LogP contribution in [0.25, 0.3) is 33.3 Å². The fraction of sp³-hybridized carbons (Fsp3) is 0.0370. The van der Waals surface area contributed by atoms with E-state index in [4.69, 9.17) is 0 Å². The van der Waals surface area contributed by atoms with E-state index in [9.17, 15) is 0 Å². The zero-order valence-electron chi connectivity index (χ0n) is 16.1. The van der Waals surface area contributed by atoms with Gasteiger partial charge in [-0.05, 0) is 57.3 Å². The lowest BCUT2D eigenvalue weighted by Gasteiger charge is -2.14. The van der Waals surface area contributed by atoms with Crippen LogP contribution in [0.3, 0.4) is 0 Å². The van der Waals surface area contributed by atoms with Crippen molar-refractivity contribution < 1.29 is 0 Å². The van der Waals surface area contributed by atoms with E-state index in [1.807, 2.05) is 30.3 Å². The van der Waals surface area contributed by atoms with Crippen molar-refractivity contribution in [2.24, 2.45) is 0 Å². The predicted octanol–water partition coefficient (Wildman–Crippen LogP) is 7.17. The van der Waals surface area contributed by atoms with E-state index in [-0.39, 0.29) is 0 Å². The number of rotatable bonds is 5. The van der Waals surface area contributed by atoms with Gasteiger partial charge < -0.3 is 5.32 Å². The van der Waals surface area contributed by atoms with Crippen molar-refractivity contribution >= 4 is 33.3 Å². The third kappa shape index (κ3) is 3.47. The van der Waals surface area contributed by atoms with Crippen LogP contribution in [0, 0.1) is 0 Å². The molecule has 0 fully saturated rings. The van der Waals surface area contributed by atoms with Gasteiger partial charge in [0.2, 0.25) is 0 Å². The highest BCUT2D eigenvalue weighted by Crippen LogP contribution is 2.30. The smallest absolute Gasteiger partial charge is 0.0384 e. The number of hydrogen-bond donors (Lipinski definition) is 1. The average molecular weight is 361 g/mol. The van der Waals surface area contributed by atoms with Gasteiger partial charge >= 0.3 is 0 Å². The molecule has 136 valence electrons. The molecule has 0 saturated heterocycles. The quantitative estimate of drug-likeness (QED) is 0.293. The molecule has 0 aromatic heterocycles. The predicted molar refractivity (Wildman–Crippen MR) is 123 cm³/mol. The van der Waals surface area contributed by atoms with Crippen molar-refractivity contribution in [2.45, 2.75) is 6.92 Å². The van der Waals surface area contributed by atoms with Crippen molar-refractivity contribution in [3.63, 3.8) is 0 Å². The second kappa shape index (κ2) is 7.58. The molecule has 28 heavy (non-hydrogen) atoms. The first kappa shape index (κ1) is 17.8.